The summed E-state index contributed by atoms with van der Waals surface area (Å²) in [6.45, 7) is 5.98. The Morgan fingerprint density at radius 1 is 0.714 bits per heavy atom. The summed E-state index contributed by atoms with van der Waals surface area (Å²) in [6, 6.07) is 27.7. The Labute approximate surface area is 169 Å². The highest BCUT2D eigenvalue weighted by Crippen LogP contribution is 2.33. The zero-order valence-electron chi connectivity index (χ0n) is 16.4. The Morgan fingerprint density at radius 3 is 1.57 bits per heavy atom. The van der Waals surface area contributed by atoms with Crippen molar-refractivity contribution in [1.82, 2.24) is 0 Å². The lowest BCUT2D eigenvalue weighted by Gasteiger charge is -2.20. The molecule has 0 aliphatic carbocycles. The number of rotatable bonds is 6. The molecule has 0 amide bonds. The van der Waals surface area contributed by atoms with Gasteiger partial charge in [0.2, 0.25) is 0 Å². The van der Waals surface area contributed by atoms with Crippen LogP contribution >= 0.6 is 7.92 Å². The van der Waals surface area contributed by atoms with Crippen LogP contribution in [-0.2, 0) is 14.3 Å². The molecule has 3 aromatic carbocycles. The maximum Gasteiger partial charge on any atom is 0.296 e. The molecule has 146 valence electrons. The standard InChI is InChI=1S/C23H25O3PS/c1-23(2,3)18-26-28(24,25)22-16-14-21(15-17-22)27(19-10-6-4-7-11-19)20-12-8-5-9-13-20/h4-17H,18H2,1-3H3. The van der Waals surface area contributed by atoms with Crippen LogP contribution in [0.5, 0.6) is 0 Å². The van der Waals surface area contributed by atoms with Crippen molar-refractivity contribution in [2.24, 2.45) is 5.41 Å². The Morgan fingerprint density at radius 2 is 1.14 bits per heavy atom. The zero-order chi connectivity index (χ0) is 20.2. The van der Waals surface area contributed by atoms with Gasteiger partial charge >= 0.3 is 0 Å². The molecule has 0 spiro atoms. The first-order valence-electron chi connectivity index (χ1n) is 9.16. The average Bonchev–Trinajstić information content (AvgIpc) is 2.68. The fourth-order valence-electron chi connectivity index (χ4n) is 2.69. The minimum atomic E-state index is -3.76. The van der Waals surface area contributed by atoms with Gasteiger partial charge < -0.3 is 0 Å². The second-order valence-electron chi connectivity index (χ2n) is 7.78. The Balaban J connectivity index is 1.93. The van der Waals surface area contributed by atoms with Crippen LogP contribution in [-0.4, -0.2) is 15.0 Å². The highest BCUT2D eigenvalue weighted by Gasteiger charge is 2.21. The van der Waals surface area contributed by atoms with E-state index in [1.54, 1.807) is 12.1 Å². The van der Waals surface area contributed by atoms with Crippen molar-refractivity contribution in [2.45, 2.75) is 25.7 Å². The predicted octanol–water partition coefficient (Wildman–Crippen LogP) is 4.20. The van der Waals surface area contributed by atoms with E-state index in [4.69, 9.17) is 4.18 Å². The summed E-state index contributed by atoms with van der Waals surface area (Å²) in [4.78, 5) is 0.191. The van der Waals surface area contributed by atoms with Crippen molar-refractivity contribution in [3.05, 3.63) is 84.9 Å². The molecule has 0 atom stereocenters. The van der Waals surface area contributed by atoms with E-state index >= 15 is 0 Å². The monoisotopic (exact) mass is 412 g/mol. The first-order valence-corrected chi connectivity index (χ1v) is 11.9. The maximum absolute atomic E-state index is 12.5. The summed E-state index contributed by atoms with van der Waals surface area (Å²) in [7, 11) is -4.51. The van der Waals surface area contributed by atoms with E-state index in [9.17, 15) is 8.42 Å². The molecule has 3 nitrogen and oxygen atoms in total. The summed E-state index contributed by atoms with van der Waals surface area (Å²) < 4.78 is 30.2. The van der Waals surface area contributed by atoms with Crippen LogP contribution in [0.4, 0.5) is 0 Å². The van der Waals surface area contributed by atoms with Crippen LogP contribution in [0.15, 0.2) is 89.8 Å². The Kier molecular flexibility index (Phi) is 6.34. The molecule has 0 aromatic heterocycles. The molecular weight excluding hydrogens is 387 g/mol. The average molecular weight is 412 g/mol. The van der Waals surface area contributed by atoms with Crippen LogP contribution in [0, 0.1) is 5.41 Å². The molecule has 0 heterocycles. The molecule has 5 heteroatoms. The second-order valence-corrected chi connectivity index (χ2v) is 11.6. The van der Waals surface area contributed by atoms with Gasteiger partial charge in [-0.25, -0.2) is 0 Å². The lowest BCUT2D eigenvalue weighted by atomic mass is 9.99. The van der Waals surface area contributed by atoms with E-state index in [1.807, 2.05) is 69.3 Å². The Hall–Kier alpha value is -2.00. The van der Waals surface area contributed by atoms with E-state index in [0.717, 1.165) is 5.30 Å². The molecule has 28 heavy (non-hydrogen) atoms. The van der Waals surface area contributed by atoms with Gasteiger partial charge in [0.15, 0.2) is 0 Å². The number of benzene rings is 3. The first kappa shape index (κ1) is 20.7. The van der Waals surface area contributed by atoms with Crippen LogP contribution in [0.2, 0.25) is 0 Å². The molecule has 3 rings (SSSR count). The molecule has 0 aliphatic rings. The maximum atomic E-state index is 12.5. The third-order valence-corrected chi connectivity index (χ3v) is 7.78. The van der Waals surface area contributed by atoms with Crippen molar-refractivity contribution in [2.75, 3.05) is 6.61 Å². The molecule has 0 bridgehead atoms. The van der Waals surface area contributed by atoms with E-state index in [0.29, 0.717) is 0 Å². The van der Waals surface area contributed by atoms with Crippen molar-refractivity contribution in [1.29, 1.82) is 0 Å². The Bertz CT molecular complexity index is 954. The molecule has 0 fully saturated rings. The van der Waals surface area contributed by atoms with E-state index in [-0.39, 0.29) is 16.9 Å². The largest absolute Gasteiger partial charge is 0.296 e. The van der Waals surface area contributed by atoms with Crippen molar-refractivity contribution < 1.29 is 12.6 Å². The van der Waals surface area contributed by atoms with Gasteiger partial charge in [0, 0.05) is 0 Å². The summed E-state index contributed by atoms with van der Waals surface area (Å²) in [6.07, 6.45) is 0. The van der Waals surface area contributed by atoms with Crippen LogP contribution in [0.25, 0.3) is 0 Å². The fourth-order valence-corrected chi connectivity index (χ4v) is 6.08. The van der Waals surface area contributed by atoms with Crippen molar-refractivity contribution in [3.63, 3.8) is 0 Å². The molecule has 0 saturated carbocycles. The second kappa shape index (κ2) is 8.57. The minimum Gasteiger partial charge on any atom is -0.266 e. The van der Waals surface area contributed by atoms with Crippen molar-refractivity contribution in [3.8, 4) is 0 Å². The van der Waals surface area contributed by atoms with Crippen molar-refractivity contribution >= 4 is 34.0 Å². The summed E-state index contributed by atoms with van der Waals surface area (Å²) in [5, 5.41) is 3.55. The summed E-state index contributed by atoms with van der Waals surface area (Å²) >= 11 is 0. The first-order chi connectivity index (χ1) is 13.3. The van der Waals surface area contributed by atoms with E-state index in [1.165, 1.54) is 10.6 Å². The van der Waals surface area contributed by atoms with E-state index in [2.05, 4.69) is 24.3 Å². The molecular formula is C23H25O3PS. The van der Waals surface area contributed by atoms with Gasteiger partial charge in [-0.3, -0.25) is 4.18 Å². The zero-order valence-corrected chi connectivity index (χ0v) is 18.1. The quantitative estimate of drug-likeness (QED) is 0.450. The van der Waals surface area contributed by atoms with Gasteiger partial charge in [-0.05, 0) is 41.4 Å². The summed E-state index contributed by atoms with van der Waals surface area (Å²) in [5.74, 6) is 0. The third-order valence-electron chi connectivity index (χ3n) is 4.06. The van der Waals surface area contributed by atoms with Gasteiger partial charge in [-0.15, -0.1) is 0 Å². The van der Waals surface area contributed by atoms with E-state index < -0.39 is 18.0 Å². The molecule has 0 aliphatic heterocycles. The lowest BCUT2D eigenvalue weighted by Crippen LogP contribution is -2.21. The minimum absolute atomic E-state index is 0.151. The highest BCUT2D eigenvalue weighted by molar-refractivity contribution is 7.86. The molecule has 0 N–H and O–H groups in total. The normalized spacial score (nSPS) is 12.3. The van der Waals surface area contributed by atoms with Gasteiger partial charge in [0.25, 0.3) is 10.1 Å². The van der Waals surface area contributed by atoms with Gasteiger partial charge in [-0.2, -0.15) is 8.42 Å². The van der Waals surface area contributed by atoms with Gasteiger partial charge in [-0.1, -0.05) is 93.6 Å². The molecule has 3 aromatic rings. The molecule has 0 radical (unpaired) electrons. The highest BCUT2D eigenvalue weighted by atomic mass is 32.2. The van der Waals surface area contributed by atoms with Crippen LogP contribution in [0.1, 0.15) is 20.8 Å². The molecule has 0 unspecified atom stereocenters. The van der Waals surface area contributed by atoms with Crippen LogP contribution < -0.4 is 15.9 Å². The lowest BCUT2D eigenvalue weighted by molar-refractivity contribution is 0.203. The fraction of sp³-hybridized carbons (Fsp3) is 0.217. The van der Waals surface area contributed by atoms with Gasteiger partial charge in [0.05, 0.1) is 11.5 Å². The van der Waals surface area contributed by atoms with Gasteiger partial charge in [0.1, 0.15) is 0 Å². The number of hydrogen-bond acceptors (Lipinski definition) is 3. The third kappa shape index (κ3) is 5.29. The topological polar surface area (TPSA) is 43.4 Å². The smallest absolute Gasteiger partial charge is 0.266 e. The SMILES string of the molecule is CC(C)(C)COS(=O)(=O)c1ccc(P(c2ccccc2)c2ccccc2)cc1. The van der Waals surface area contributed by atoms with Crippen LogP contribution in [0.3, 0.4) is 0 Å². The number of hydrogen-bond donors (Lipinski definition) is 0. The predicted molar refractivity (Wildman–Crippen MR) is 118 cm³/mol. The molecule has 0 saturated heterocycles. The summed E-state index contributed by atoms with van der Waals surface area (Å²) in [5.41, 5.74) is -0.220.